The summed E-state index contributed by atoms with van der Waals surface area (Å²) in [7, 11) is 0. The first-order valence-corrected chi connectivity index (χ1v) is 8.66. The van der Waals surface area contributed by atoms with Gasteiger partial charge in [-0.05, 0) is 24.1 Å². The van der Waals surface area contributed by atoms with Crippen LogP contribution in [0.4, 0.5) is 0 Å². The quantitative estimate of drug-likeness (QED) is 0.510. The van der Waals surface area contributed by atoms with Gasteiger partial charge in [0.1, 0.15) is 5.75 Å². The first-order valence-electron chi connectivity index (χ1n) is 8.66. The van der Waals surface area contributed by atoms with Gasteiger partial charge in [-0.3, -0.25) is 9.69 Å². The van der Waals surface area contributed by atoms with E-state index in [1.165, 1.54) is 6.92 Å². The number of ether oxygens (including phenoxy) is 1. The van der Waals surface area contributed by atoms with Gasteiger partial charge in [0.2, 0.25) is 5.91 Å². The van der Waals surface area contributed by atoms with Crippen molar-refractivity contribution in [2.24, 2.45) is 0 Å². The molecule has 0 radical (unpaired) electrons. The molecule has 7 heteroatoms. The fourth-order valence-electron chi connectivity index (χ4n) is 3.04. The normalized spacial score (nSPS) is 24.6. The Balaban J connectivity index is 1.91. The molecule has 0 aliphatic carbocycles. The fourth-order valence-corrected chi connectivity index (χ4v) is 3.04. The van der Waals surface area contributed by atoms with Crippen molar-refractivity contribution in [3.63, 3.8) is 0 Å². The van der Waals surface area contributed by atoms with E-state index < -0.39 is 18.2 Å². The third kappa shape index (κ3) is 6.62. The number of carbonyl (C=O) groups excluding carboxylic acids is 1. The highest BCUT2D eigenvalue weighted by atomic mass is 16.5. The van der Waals surface area contributed by atoms with Crippen LogP contribution in [0.25, 0.3) is 0 Å². The van der Waals surface area contributed by atoms with Crippen molar-refractivity contribution in [3.05, 3.63) is 29.8 Å². The minimum Gasteiger partial charge on any atom is -0.494 e. The maximum atomic E-state index is 11.2. The SMILES string of the molecule is CC(=O)N[C@@H]1C[C@@H](O)CN(Cc2ccc(OCCCO)cc2)C[C@H]1O. The third-order valence-electron chi connectivity index (χ3n) is 4.19. The Morgan fingerprint density at radius 1 is 1.28 bits per heavy atom. The van der Waals surface area contributed by atoms with Crippen LogP contribution in [0.3, 0.4) is 0 Å². The molecule has 2 rings (SSSR count). The zero-order chi connectivity index (χ0) is 18.2. The van der Waals surface area contributed by atoms with E-state index in [1.54, 1.807) is 0 Å². The lowest BCUT2D eigenvalue weighted by atomic mass is 10.1. The zero-order valence-electron chi connectivity index (χ0n) is 14.6. The van der Waals surface area contributed by atoms with Crippen LogP contribution in [0.2, 0.25) is 0 Å². The minimum atomic E-state index is -0.720. The second-order valence-corrected chi connectivity index (χ2v) is 6.53. The van der Waals surface area contributed by atoms with Gasteiger partial charge in [0, 0.05) is 39.6 Å². The summed E-state index contributed by atoms with van der Waals surface area (Å²) in [6.45, 7) is 3.42. The monoisotopic (exact) mass is 352 g/mol. The van der Waals surface area contributed by atoms with Crippen molar-refractivity contribution in [2.75, 3.05) is 26.3 Å². The van der Waals surface area contributed by atoms with E-state index in [4.69, 9.17) is 9.84 Å². The van der Waals surface area contributed by atoms with Crippen molar-refractivity contribution < 1.29 is 24.9 Å². The molecule has 1 amide bonds. The van der Waals surface area contributed by atoms with Crippen molar-refractivity contribution >= 4 is 5.91 Å². The molecule has 4 N–H and O–H groups in total. The average Bonchev–Trinajstić information content (AvgIpc) is 2.67. The third-order valence-corrected chi connectivity index (χ3v) is 4.19. The van der Waals surface area contributed by atoms with Crippen LogP contribution in [-0.4, -0.2) is 70.7 Å². The smallest absolute Gasteiger partial charge is 0.217 e. The van der Waals surface area contributed by atoms with Crippen molar-refractivity contribution in [1.82, 2.24) is 10.2 Å². The number of rotatable bonds is 7. The van der Waals surface area contributed by atoms with Gasteiger partial charge in [0.25, 0.3) is 0 Å². The summed E-state index contributed by atoms with van der Waals surface area (Å²) >= 11 is 0. The molecule has 1 aromatic carbocycles. The summed E-state index contributed by atoms with van der Waals surface area (Å²) in [5.41, 5.74) is 1.05. The second-order valence-electron chi connectivity index (χ2n) is 6.53. The van der Waals surface area contributed by atoms with Gasteiger partial charge in [-0.2, -0.15) is 0 Å². The van der Waals surface area contributed by atoms with Gasteiger partial charge >= 0.3 is 0 Å². The van der Waals surface area contributed by atoms with E-state index in [0.717, 1.165) is 11.3 Å². The minimum absolute atomic E-state index is 0.108. The molecule has 0 bridgehead atoms. The van der Waals surface area contributed by atoms with E-state index in [1.807, 2.05) is 29.2 Å². The van der Waals surface area contributed by atoms with Crippen LogP contribution in [0.1, 0.15) is 25.3 Å². The molecular weight excluding hydrogens is 324 g/mol. The zero-order valence-corrected chi connectivity index (χ0v) is 14.6. The molecule has 3 atom stereocenters. The maximum Gasteiger partial charge on any atom is 0.217 e. The van der Waals surface area contributed by atoms with Crippen LogP contribution in [-0.2, 0) is 11.3 Å². The number of likely N-dealkylation sites (tertiary alicyclic amines) is 1. The molecule has 140 valence electrons. The van der Waals surface area contributed by atoms with Crippen LogP contribution in [0, 0.1) is 0 Å². The molecule has 1 fully saturated rings. The Kier molecular flexibility index (Phi) is 7.64. The molecule has 1 aromatic rings. The molecule has 1 aliphatic rings. The molecular formula is C18H28N2O5. The largest absolute Gasteiger partial charge is 0.494 e. The summed E-state index contributed by atoms with van der Waals surface area (Å²) in [6, 6.07) is 7.21. The number of aliphatic hydroxyl groups is 3. The predicted octanol–water partition coefficient (Wildman–Crippen LogP) is -0.120. The topological polar surface area (TPSA) is 102 Å². The molecule has 7 nitrogen and oxygen atoms in total. The average molecular weight is 352 g/mol. The molecule has 0 spiro atoms. The highest BCUT2D eigenvalue weighted by Gasteiger charge is 2.30. The lowest BCUT2D eigenvalue weighted by Gasteiger charge is -2.25. The van der Waals surface area contributed by atoms with Crippen LogP contribution in [0.5, 0.6) is 5.75 Å². The maximum absolute atomic E-state index is 11.2. The number of carbonyl (C=O) groups is 1. The molecule has 0 unspecified atom stereocenters. The van der Waals surface area contributed by atoms with E-state index in [0.29, 0.717) is 39.1 Å². The number of hydrogen-bond donors (Lipinski definition) is 4. The van der Waals surface area contributed by atoms with Gasteiger partial charge in [-0.1, -0.05) is 12.1 Å². The first-order chi connectivity index (χ1) is 12.0. The number of nitrogens with one attached hydrogen (secondary N) is 1. The molecule has 1 saturated heterocycles. The van der Waals surface area contributed by atoms with Crippen molar-refractivity contribution in [2.45, 2.75) is 44.6 Å². The van der Waals surface area contributed by atoms with E-state index >= 15 is 0 Å². The van der Waals surface area contributed by atoms with Gasteiger partial charge < -0.3 is 25.4 Å². The summed E-state index contributed by atoms with van der Waals surface area (Å²) in [4.78, 5) is 13.2. The van der Waals surface area contributed by atoms with E-state index in [9.17, 15) is 15.0 Å². The fraction of sp³-hybridized carbons (Fsp3) is 0.611. The highest BCUT2D eigenvalue weighted by Crippen LogP contribution is 2.18. The summed E-state index contributed by atoms with van der Waals surface area (Å²) in [6.07, 6.45) is -0.382. The Labute approximate surface area is 148 Å². The molecule has 0 saturated carbocycles. The Morgan fingerprint density at radius 2 is 2.00 bits per heavy atom. The standard InChI is InChI=1S/C18H28N2O5/c1-13(22)19-17-9-15(23)11-20(12-18(17)24)10-14-3-5-16(6-4-14)25-8-2-7-21/h3-6,15,17-18,21,23-24H,2,7-12H2,1H3,(H,19,22)/t15-,17-,18-/m1/s1. The Morgan fingerprint density at radius 3 is 2.64 bits per heavy atom. The predicted molar refractivity (Wildman–Crippen MR) is 93.2 cm³/mol. The highest BCUT2D eigenvalue weighted by molar-refractivity contribution is 5.73. The number of hydrogen-bond acceptors (Lipinski definition) is 6. The van der Waals surface area contributed by atoms with Crippen LogP contribution in [0.15, 0.2) is 24.3 Å². The summed E-state index contributed by atoms with van der Waals surface area (Å²) in [5, 5.41) is 31.9. The van der Waals surface area contributed by atoms with Crippen molar-refractivity contribution in [3.8, 4) is 5.75 Å². The van der Waals surface area contributed by atoms with Gasteiger partial charge in [0.15, 0.2) is 0 Å². The Hall–Kier alpha value is -1.67. The number of benzene rings is 1. The van der Waals surface area contributed by atoms with E-state index in [-0.39, 0.29) is 12.5 Å². The van der Waals surface area contributed by atoms with Gasteiger partial charge in [0.05, 0.1) is 24.9 Å². The lowest BCUT2D eigenvalue weighted by molar-refractivity contribution is -0.120. The molecule has 25 heavy (non-hydrogen) atoms. The number of β-amino-alcohol motifs (C(OH)–C–C–N with tert-alkyl or cyclic N) is 2. The molecule has 0 aromatic heterocycles. The van der Waals surface area contributed by atoms with Gasteiger partial charge in [-0.15, -0.1) is 0 Å². The number of aliphatic hydroxyl groups excluding tert-OH is 3. The first kappa shape index (κ1) is 19.7. The van der Waals surface area contributed by atoms with Crippen LogP contribution < -0.4 is 10.1 Å². The van der Waals surface area contributed by atoms with E-state index in [2.05, 4.69) is 5.32 Å². The summed E-state index contributed by atoms with van der Waals surface area (Å²) < 4.78 is 5.50. The second kappa shape index (κ2) is 9.72. The lowest BCUT2D eigenvalue weighted by Crippen LogP contribution is -2.45. The number of nitrogens with zero attached hydrogens (tertiary/aromatic N) is 1. The van der Waals surface area contributed by atoms with Crippen molar-refractivity contribution in [1.29, 1.82) is 0 Å². The Bertz CT molecular complexity index is 537. The molecule has 1 aliphatic heterocycles. The molecule has 1 heterocycles. The van der Waals surface area contributed by atoms with Gasteiger partial charge in [-0.25, -0.2) is 0 Å². The summed E-state index contributed by atoms with van der Waals surface area (Å²) in [5.74, 6) is 0.542. The van der Waals surface area contributed by atoms with Crippen LogP contribution >= 0.6 is 0 Å². The number of amides is 1.